The van der Waals surface area contributed by atoms with E-state index in [1.54, 1.807) is 0 Å². The highest BCUT2D eigenvalue weighted by Crippen LogP contribution is 2.20. The monoisotopic (exact) mass is 256 g/mol. The minimum Gasteiger partial charge on any atom is -0.376 e. The second-order valence-corrected chi connectivity index (χ2v) is 5.08. The van der Waals surface area contributed by atoms with Gasteiger partial charge in [0.15, 0.2) is 0 Å². The Hall–Kier alpha value is -0.650. The summed E-state index contributed by atoms with van der Waals surface area (Å²) >= 11 is 0. The normalized spacial score (nSPS) is 29.4. The maximum Gasteiger partial charge on any atom is 0.239 e. The fourth-order valence-electron chi connectivity index (χ4n) is 2.59. The molecule has 2 fully saturated rings. The zero-order chi connectivity index (χ0) is 12.8. The topological polar surface area (TPSA) is 59.6 Å². The van der Waals surface area contributed by atoms with Gasteiger partial charge in [0.25, 0.3) is 0 Å². The van der Waals surface area contributed by atoms with Gasteiger partial charge in [0.05, 0.1) is 25.4 Å². The van der Waals surface area contributed by atoms with Crippen LogP contribution in [0.1, 0.15) is 32.6 Å². The summed E-state index contributed by atoms with van der Waals surface area (Å²) in [6.45, 7) is 4.53. The van der Waals surface area contributed by atoms with E-state index in [2.05, 4.69) is 10.6 Å². The quantitative estimate of drug-likeness (QED) is 0.701. The van der Waals surface area contributed by atoms with Gasteiger partial charge in [-0.2, -0.15) is 0 Å². The Kier molecular flexibility index (Phi) is 5.41. The van der Waals surface area contributed by atoms with Crippen LogP contribution in [-0.2, 0) is 14.3 Å². The first-order valence-corrected chi connectivity index (χ1v) is 7.01. The Morgan fingerprint density at radius 3 is 2.94 bits per heavy atom. The zero-order valence-electron chi connectivity index (χ0n) is 11.1. The van der Waals surface area contributed by atoms with Crippen LogP contribution in [0.5, 0.6) is 0 Å². The molecule has 2 aliphatic rings. The molecule has 5 nitrogen and oxygen atoms in total. The van der Waals surface area contributed by atoms with Crippen molar-refractivity contribution in [1.82, 2.24) is 10.6 Å². The summed E-state index contributed by atoms with van der Waals surface area (Å²) in [6.07, 6.45) is 5.24. The summed E-state index contributed by atoms with van der Waals surface area (Å²) in [5.41, 5.74) is 0. The van der Waals surface area contributed by atoms with Gasteiger partial charge in [0.2, 0.25) is 5.91 Å². The summed E-state index contributed by atoms with van der Waals surface area (Å²) < 4.78 is 11.1. The Morgan fingerprint density at radius 2 is 2.22 bits per heavy atom. The molecule has 2 atom stereocenters. The predicted octanol–water partition coefficient (Wildman–Crippen LogP) is 0.439. The molecule has 1 saturated carbocycles. The standard InChI is InChI=1S/C13H24N2O3/c1-10-12(14-6-8-17-10)13(16)15-7-9-18-11-4-2-3-5-11/h10-12,14H,2-9H2,1H3,(H,15,16)/t10-,12+/m1/s1. The van der Waals surface area contributed by atoms with Crippen LogP contribution in [0.25, 0.3) is 0 Å². The molecule has 0 unspecified atom stereocenters. The van der Waals surface area contributed by atoms with E-state index in [1.807, 2.05) is 6.92 Å². The number of rotatable bonds is 5. The highest BCUT2D eigenvalue weighted by molar-refractivity contribution is 5.82. The van der Waals surface area contributed by atoms with Gasteiger partial charge in [0.1, 0.15) is 6.04 Å². The summed E-state index contributed by atoms with van der Waals surface area (Å²) in [5, 5.41) is 6.07. The second kappa shape index (κ2) is 7.07. The fourth-order valence-corrected chi connectivity index (χ4v) is 2.59. The number of carbonyl (C=O) groups is 1. The minimum atomic E-state index is -0.231. The zero-order valence-corrected chi connectivity index (χ0v) is 11.1. The number of carbonyl (C=O) groups excluding carboxylic acids is 1. The van der Waals surface area contributed by atoms with Crippen molar-refractivity contribution in [3.05, 3.63) is 0 Å². The average molecular weight is 256 g/mol. The van der Waals surface area contributed by atoms with E-state index >= 15 is 0 Å². The van der Waals surface area contributed by atoms with Crippen LogP contribution in [0.3, 0.4) is 0 Å². The third-order valence-corrected chi connectivity index (χ3v) is 3.66. The number of ether oxygens (including phenoxy) is 2. The van der Waals surface area contributed by atoms with E-state index in [4.69, 9.17) is 9.47 Å². The van der Waals surface area contributed by atoms with Crippen LogP contribution in [0.15, 0.2) is 0 Å². The lowest BCUT2D eigenvalue weighted by molar-refractivity contribution is -0.129. The maximum atomic E-state index is 11.9. The molecule has 0 spiro atoms. The highest BCUT2D eigenvalue weighted by atomic mass is 16.5. The summed E-state index contributed by atoms with van der Waals surface area (Å²) in [6, 6.07) is -0.231. The molecule has 0 aromatic heterocycles. The first-order chi connectivity index (χ1) is 8.77. The van der Waals surface area contributed by atoms with Crippen LogP contribution in [0, 0.1) is 0 Å². The van der Waals surface area contributed by atoms with Gasteiger partial charge < -0.3 is 20.1 Å². The van der Waals surface area contributed by atoms with Gasteiger partial charge in [0, 0.05) is 13.1 Å². The number of hydrogen-bond donors (Lipinski definition) is 2. The molecule has 5 heteroatoms. The Labute approximate surface area is 109 Å². The van der Waals surface area contributed by atoms with Crippen molar-refractivity contribution < 1.29 is 14.3 Å². The second-order valence-electron chi connectivity index (χ2n) is 5.08. The Bertz CT molecular complexity index is 267. The van der Waals surface area contributed by atoms with Gasteiger partial charge in [-0.1, -0.05) is 12.8 Å². The van der Waals surface area contributed by atoms with Crippen LogP contribution < -0.4 is 10.6 Å². The number of amides is 1. The molecule has 1 saturated heterocycles. The van der Waals surface area contributed by atoms with Crippen LogP contribution in [0.4, 0.5) is 0 Å². The molecule has 0 bridgehead atoms. The van der Waals surface area contributed by atoms with Crippen molar-refractivity contribution in [1.29, 1.82) is 0 Å². The van der Waals surface area contributed by atoms with E-state index in [0.29, 0.717) is 25.9 Å². The van der Waals surface area contributed by atoms with Crippen molar-refractivity contribution in [2.75, 3.05) is 26.3 Å². The van der Waals surface area contributed by atoms with Gasteiger partial charge >= 0.3 is 0 Å². The molecule has 0 aromatic rings. The third-order valence-electron chi connectivity index (χ3n) is 3.66. The third kappa shape index (κ3) is 3.93. The lowest BCUT2D eigenvalue weighted by Crippen LogP contribution is -2.55. The predicted molar refractivity (Wildman–Crippen MR) is 68.4 cm³/mol. The molecule has 18 heavy (non-hydrogen) atoms. The molecular formula is C13H24N2O3. The van der Waals surface area contributed by atoms with Crippen molar-refractivity contribution in [2.45, 2.75) is 50.9 Å². The van der Waals surface area contributed by atoms with Crippen LogP contribution in [-0.4, -0.2) is 50.5 Å². The summed E-state index contributed by atoms with van der Waals surface area (Å²) in [4.78, 5) is 11.9. The molecule has 1 amide bonds. The molecule has 0 radical (unpaired) electrons. The molecule has 1 heterocycles. The molecule has 2 rings (SSSR count). The molecule has 1 aliphatic carbocycles. The smallest absolute Gasteiger partial charge is 0.239 e. The molecule has 2 N–H and O–H groups in total. The van der Waals surface area contributed by atoms with Crippen molar-refractivity contribution in [3.8, 4) is 0 Å². The van der Waals surface area contributed by atoms with Gasteiger partial charge in [-0.25, -0.2) is 0 Å². The van der Waals surface area contributed by atoms with E-state index < -0.39 is 0 Å². The fraction of sp³-hybridized carbons (Fsp3) is 0.923. The largest absolute Gasteiger partial charge is 0.376 e. The maximum absolute atomic E-state index is 11.9. The van der Waals surface area contributed by atoms with Crippen LogP contribution in [0.2, 0.25) is 0 Å². The molecular weight excluding hydrogens is 232 g/mol. The Balaban J connectivity index is 1.58. The van der Waals surface area contributed by atoms with Crippen molar-refractivity contribution >= 4 is 5.91 Å². The Morgan fingerprint density at radius 1 is 1.44 bits per heavy atom. The van der Waals surface area contributed by atoms with E-state index in [-0.39, 0.29) is 18.1 Å². The van der Waals surface area contributed by atoms with Crippen molar-refractivity contribution in [3.63, 3.8) is 0 Å². The van der Waals surface area contributed by atoms with Crippen molar-refractivity contribution in [2.24, 2.45) is 0 Å². The molecule has 104 valence electrons. The minimum absolute atomic E-state index is 0.0113. The van der Waals surface area contributed by atoms with Crippen LogP contribution >= 0.6 is 0 Å². The van der Waals surface area contributed by atoms with E-state index in [1.165, 1.54) is 25.7 Å². The molecule has 1 aliphatic heterocycles. The van der Waals surface area contributed by atoms with Gasteiger partial charge in [-0.3, -0.25) is 4.79 Å². The average Bonchev–Trinajstić information content (AvgIpc) is 2.88. The first kappa shape index (κ1) is 13.8. The SMILES string of the molecule is C[C@H]1OCCN[C@@H]1C(=O)NCCOC1CCCC1. The number of morpholine rings is 1. The highest BCUT2D eigenvalue weighted by Gasteiger charge is 2.27. The summed E-state index contributed by atoms with van der Waals surface area (Å²) in [5.74, 6) is 0.0113. The van der Waals surface area contributed by atoms with Gasteiger partial charge in [-0.05, 0) is 19.8 Å². The number of hydrogen-bond acceptors (Lipinski definition) is 4. The van der Waals surface area contributed by atoms with E-state index in [9.17, 15) is 4.79 Å². The lowest BCUT2D eigenvalue weighted by atomic mass is 10.1. The summed E-state index contributed by atoms with van der Waals surface area (Å²) in [7, 11) is 0. The molecule has 0 aromatic carbocycles. The van der Waals surface area contributed by atoms with Gasteiger partial charge in [-0.15, -0.1) is 0 Å². The first-order valence-electron chi connectivity index (χ1n) is 7.01. The number of nitrogens with one attached hydrogen (secondary N) is 2. The van der Waals surface area contributed by atoms with E-state index in [0.717, 1.165) is 6.54 Å². The lowest BCUT2D eigenvalue weighted by Gasteiger charge is -2.29.